The van der Waals surface area contributed by atoms with Gasteiger partial charge in [0.15, 0.2) is 11.6 Å². The van der Waals surface area contributed by atoms with Gasteiger partial charge in [0.05, 0.1) is 11.1 Å². The molecular formula is C26H30Cl2FN5O. The van der Waals surface area contributed by atoms with Gasteiger partial charge in [0.1, 0.15) is 11.9 Å². The molecule has 1 aliphatic rings. The minimum absolute atomic E-state index is 0.0931. The van der Waals surface area contributed by atoms with Crippen LogP contribution in [0.2, 0.25) is 10.0 Å². The van der Waals surface area contributed by atoms with Gasteiger partial charge in [0.2, 0.25) is 0 Å². The van der Waals surface area contributed by atoms with Gasteiger partial charge in [-0.1, -0.05) is 23.2 Å². The second kappa shape index (κ2) is 12.8. The lowest BCUT2D eigenvalue weighted by Crippen LogP contribution is -2.35. The summed E-state index contributed by atoms with van der Waals surface area (Å²) in [6, 6.07) is 4.59. The number of piperidine rings is 1. The van der Waals surface area contributed by atoms with E-state index < -0.39 is 11.9 Å². The number of nitrogen functional groups attached to an aromatic ring is 1. The molecule has 1 aromatic heterocycles. The van der Waals surface area contributed by atoms with Crippen LogP contribution in [0, 0.1) is 18.2 Å². The molecule has 2 aromatic rings. The number of pyridine rings is 1. The summed E-state index contributed by atoms with van der Waals surface area (Å²) >= 11 is 12.3. The van der Waals surface area contributed by atoms with E-state index >= 15 is 0 Å². The molecule has 2 heterocycles. The molecule has 0 aliphatic carbocycles. The van der Waals surface area contributed by atoms with Crippen molar-refractivity contribution in [2.45, 2.75) is 44.8 Å². The Balaban J connectivity index is 1.68. The normalized spacial score (nSPS) is 16.4. The van der Waals surface area contributed by atoms with E-state index in [0.717, 1.165) is 45.3 Å². The van der Waals surface area contributed by atoms with E-state index in [4.69, 9.17) is 50.8 Å². The summed E-state index contributed by atoms with van der Waals surface area (Å²) in [7, 11) is 0. The van der Waals surface area contributed by atoms with Gasteiger partial charge in [-0.25, -0.2) is 9.37 Å². The van der Waals surface area contributed by atoms with Crippen LogP contribution in [0.3, 0.4) is 0 Å². The number of likely N-dealkylation sites (tertiary alicyclic amines) is 1. The second-order valence-electron chi connectivity index (χ2n) is 8.40. The summed E-state index contributed by atoms with van der Waals surface area (Å²) in [5.74, 6) is 2.59. The molecule has 1 fully saturated rings. The Morgan fingerprint density at radius 1 is 1.40 bits per heavy atom. The molecule has 3 rings (SSSR count). The molecule has 0 saturated carbocycles. The monoisotopic (exact) mass is 517 g/mol. The van der Waals surface area contributed by atoms with E-state index in [1.165, 1.54) is 18.3 Å². The Kier molecular flexibility index (Phi) is 9.79. The maximum Gasteiger partial charge on any atom is 0.166 e. The number of rotatable bonds is 9. The summed E-state index contributed by atoms with van der Waals surface area (Å²) in [6.45, 7) is 4.73. The molecule has 4 N–H and O–H groups in total. The van der Waals surface area contributed by atoms with E-state index in [1.54, 1.807) is 25.4 Å². The van der Waals surface area contributed by atoms with Gasteiger partial charge in [-0.15, -0.1) is 12.3 Å². The van der Waals surface area contributed by atoms with Crippen LogP contribution < -0.4 is 16.2 Å². The summed E-state index contributed by atoms with van der Waals surface area (Å²) in [6.07, 6.45) is 13.3. The van der Waals surface area contributed by atoms with Gasteiger partial charge in [0, 0.05) is 59.8 Å². The molecule has 0 unspecified atom stereocenters. The van der Waals surface area contributed by atoms with Gasteiger partial charge in [-0.3, -0.25) is 4.99 Å². The highest BCUT2D eigenvalue weighted by molar-refractivity contribution is 6.36. The zero-order valence-electron chi connectivity index (χ0n) is 19.7. The van der Waals surface area contributed by atoms with Crippen LogP contribution in [0.1, 0.15) is 49.8 Å². The van der Waals surface area contributed by atoms with E-state index in [-0.39, 0.29) is 16.9 Å². The van der Waals surface area contributed by atoms with Crippen molar-refractivity contribution >= 4 is 40.8 Å². The minimum Gasteiger partial charge on any atom is -0.482 e. The van der Waals surface area contributed by atoms with Crippen LogP contribution >= 0.6 is 23.2 Å². The molecule has 0 bridgehead atoms. The fourth-order valence-corrected chi connectivity index (χ4v) is 4.65. The van der Waals surface area contributed by atoms with Crippen molar-refractivity contribution in [2.75, 3.05) is 25.4 Å². The molecule has 1 aliphatic heterocycles. The first-order chi connectivity index (χ1) is 16.8. The number of nitrogens with two attached hydrogens (primary N) is 2. The van der Waals surface area contributed by atoms with Crippen LogP contribution in [0.25, 0.3) is 5.57 Å². The van der Waals surface area contributed by atoms with Gasteiger partial charge < -0.3 is 21.1 Å². The number of aliphatic imine (C=N–C) groups is 1. The van der Waals surface area contributed by atoms with Crippen molar-refractivity contribution in [1.82, 2.24) is 9.88 Å². The number of hydrogen-bond donors (Lipinski definition) is 2. The lowest BCUT2D eigenvalue weighted by molar-refractivity contribution is 0.213. The van der Waals surface area contributed by atoms with Crippen molar-refractivity contribution < 1.29 is 9.13 Å². The Morgan fingerprint density at radius 2 is 2.14 bits per heavy atom. The highest BCUT2D eigenvalue weighted by Crippen LogP contribution is 2.36. The third-order valence-corrected chi connectivity index (χ3v) is 6.68. The van der Waals surface area contributed by atoms with Gasteiger partial charge in [-0.2, -0.15) is 0 Å². The number of hydrogen-bond acceptors (Lipinski definition) is 6. The minimum atomic E-state index is -0.671. The third kappa shape index (κ3) is 7.11. The standard InChI is InChI=1S/C26H30Cl2FN5O/c1-3-4-5-10-34-11-8-20(9-12-34)32-16-19(14-30)18-13-23(26(31)33-15-18)35-17(2)24-21(27)6-7-22(29)25(24)28/h1,6-7,13-17,20H,4-5,8-12,30H2,2H3,(H2,31,33)/t17-/m1/s1. The Labute approximate surface area is 216 Å². The van der Waals surface area contributed by atoms with Gasteiger partial charge >= 0.3 is 0 Å². The molecule has 6 nitrogen and oxygen atoms in total. The van der Waals surface area contributed by atoms with Crippen molar-refractivity contribution in [1.29, 1.82) is 0 Å². The first kappa shape index (κ1) is 26.8. The summed E-state index contributed by atoms with van der Waals surface area (Å²) in [5, 5.41) is 0.202. The number of anilines is 1. The average Bonchev–Trinajstić information content (AvgIpc) is 2.85. The maximum atomic E-state index is 14.0. The molecule has 1 aromatic carbocycles. The molecular weight excluding hydrogens is 488 g/mol. The maximum absolute atomic E-state index is 14.0. The lowest BCUT2D eigenvalue weighted by Gasteiger charge is -2.29. The van der Waals surface area contributed by atoms with Crippen LogP contribution in [-0.2, 0) is 0 Å². The molecule has 186 valence electrons. The van der Waals surface area contributed by atoms with Gasteiger partial charge in [0.25, 0.3) is 0 Å². The zero-order chi connectivity index (χ0) is 25.4. The third-order valence-electron chi connectivity index (χ3n) is 5.96. The number of nitrogens with zero attached hydrogens (tertiary/aromatic N) is 3. The lowest BCUT2D eigenvalue weighted by atomic mass is 10.0. The first-order valence-electron chi connectivity index (χ1n) is 11.5. The Bertz CT molecular complexity index is 1120. The highest BCUT2D eigenvalue weighted by Gasteiger charge is 2.21. The van der Waals surface area contributed by atoms with E-state index in [2.05, 4.69) is 15.8 Å². The van der Waals surface area contributed by atoms with Crippen molar-refractivity contribution in [3.05, 3.63) is 57.6 Å². The fourth-order valence-electron chi connectivity index (χ4n) is 3.97. The number of allylic oxidation sites excluding steroid dienone is 1. The Morgan fingerprint density at radius 3 is 2.83 bits per heavy atom. The SMILES string of the molecule is C#CCCCN1CCC(N=CC(=CN)c2cnc(N)c(O[C@H](C)c3c(Cl)ccc(F)c3Cl)c2)CC1. The molecule has 0 spiro atoms. The van der Waals surface area contributed by atoms with E-state index in [0.29, 0.717) is 27.5 Å². The molecule has 35 heavy (non-hydrogen) atoms. The van der Waals surface area contributed by atoms with Crippen LogP contribution in [0.4, 0.5) is 10.2 Å². The fraction of sp³-hybridized carbons (Fsp3) is 0.385. The van der Waals surface area contributed by atoms with Crippen LogP contribution in [0.5, 0.6) is 5.75 Å². The quantitative estimate of drug-likeness (QED) is 0.198. The van der Waals surface area contributed by atoms with Crippen LogP contribution in [0.15, 0.2) is 35.6 Å². The molecule has 9 heteroatoms. The smallest absolute Gasteiger partial charge is 0.166 e. The number of aromatic nitrogens is 1. The zero-order valence-corrected chi connectivity index (χ0v) is 21.2. The summed E-state index contributed by atoms with van der Waals surface area (Å²) in [5.41, 5.74) is 13.6. The predicted molar refractivity (Wildman–Crippen MR) is 142 cm³/mol. The number of terminal acetylenes is 1. The van der Waals surface area contributed by atoms with Crippen molar-refractivity contribution in [3.63, 3.8) is 0 Å². The van der Waals surface area contributed by atoms with E-state index in [9.17, 15) is 4.39 Å². The predicted octanol–water partition coefficient (Wildman–Crippen LogP) is 5.50. The summed E-state index contributed by atoms with van der Waals surface area (Å²) < 4.78 is 19.9. The number of halogens is 3. The van der Waals surface area contributed by atoms with Crippen LogP contribution in [-0.4, -0.2) is 41.8 Å². The highest BCUT2D eigenvalue weighted by atomic mass is 35.5. The number of ether oxygens (including phenoxy) is 1. The number of benzene rings is 1. The van der Waals surface area contributed by atoms with Crippen molar-refractivity contribution in [2.24, 2.45) is 10.7 Å². The van der Waals surface area contributed by atoms with Gasteiger partial charge in [-0.05, 0) is 50.9 Å². The Hall–Kier alpha value is -2.79. The number of unbranched alkanes of at least 4 members (excludes halogenated alkanes) is 1. The second-order valence-corrected chi connectivity index (χ2v) is 9.19. The van der Waals surface area contributed by atoms with E-state index in [1.807, 2.05) is 0 Å². The largest absolute Gasteiger partial charge is 0.482 e. The first-order valence-corrected chi connectivity index (χ1v) is 12.3. The average molecular weight is 518 g/mol. The molecule has 1 atom stereocenters. The molecule has 0 amide bonds. The summed E-state index contributed by atoms with van der Waals surface area (Å²) in [4.78, 5) is 11.4. The molecule has 0 radical (unpaired) electrons. The topological polar surface area (TPSA) is 89.8 Å². The molecule has 1 saturated heterocycles. The van der Waals surface area contributed by atoms with Crippen molar-refractivity contribution in [3.8, 4) is 18.1 Å².